The van der Waals surface area contributed by atoms with Crippen molar-refractivity contribution in [3.63, 3.8) is 0 Å². The van der Waals surface area contributed by atoms with Gasteiger partial charge in [0.05, 0.1) is 24.3 Å². The highest BCUT2D eigenvalue weighted by molar-refractivity contribution is 5.79. The van der Waals surface area contributed by atoms with E-state index >= 15 is 0 Å². The summed E-state index contributed by atoms with van der Waals surface area (Å²) in [6, 6.07) is 8.22. The van der Waals surface area contributed by atoms with Gasteiger partial charge in [-0.15, -0.1) is 0 Å². The van der Waals surface area contributed by atoms with Crippen LogP contribution in [0.15, 0.2) is 30.6 Å². The zero-order valence-electron chi connectivity index (χ0n) is 7.04. The Morgan fingerprint density at radius 1 is 1.23 bits per heavy atom. The molecule has 64 valence electrons. The van der Waals surface area contributed by atoms with Gasteiger partial charge in [0.25, 0.3) is 0 Å². The van der Waals surface area contributed by atoms with E-state index in [0.717, 1.165) is 12.2 Å². The van der Waals surface area contributed by atoms with Gasteiger partial charge in [-0.25, -0.2) is 4.98 Å². The molecule has 0 saturated heterocycles. The highest BCUT2D eigenvalue weighted by Crippen LogP contribution is 2.32. The van der Waals surface area contributed by atoms with E-state index in [1.165, 1.54) is 16.9 Å². The number of fused-ring (bicyclic) bond motifs is 3. The molecule has 0 radical (unpaired) electrons. The molecule has 0 amide bonds. The zero-order valence-corrected chi connectivity index (χ0v) is 7.04. The Bertz CT molecular complexity index is 445. The fraction of sp³-hybridized carbons (Fsp3) is 0.100. The number of rotatable bonds is 0. The van der Waals surface area contributed by atoms with Crippen LogP contribution in [-0.4, -0.2) is 9.97 Å². The van der Waals surface area contributed by atoms with Gasteiger partial charge >= 0.3 is 0 Å². The van der Waals surface area contributed by atoms with E-state index in [4.69, 9.17) is 0 Å². The second kappa shape index (κ2) is 2.36. The Morgan fingerprint density at radius 2 is 2.15 bits per heavy atom. The van der Waals surface area contributed by atoms with Crippen LogP contribution in [0.1, 0.15) is 5.69 Å². The number of imidazole rings is 1. The van der Waals surface area contributed by atoms with Gasteiger partial charge in [0, 0.05) is 11.3 Å². The van der Waals surface area contributed by atoms with Crippen molar-refractivity contribution in [2.24, 2.45) is 0 Å². The Morgan fingerprint density at radius 3 is 3.15 bits per heavy atom. The maximum absolute atomic E-state index is 4.30. The molecule has 0 aliphatic carbocycles. The van der Waals surface area contributed by atoms with Crippen LogP contribution in [-0.2, 0) is 6.54 Å². The van der Waals surface area contributed by atoms with Crippen LogP contribution in [0.4, 0.5) is 5.69 Å². The van der Waals surface area contributed by atoms with E-state index in [1.807, 2.05) is 12.1 Å². The molecule has 2 heterocycles. The summed E-state index contributed by atoms with van der Waals surface area (Å²) in [6.45, 7) is 0.840. The third-order valence-corrected chi connectivity index (χ3v) is 2.36. The number of hydrogen-bond acceptors (Lipinski definition) is 2. The fourth-order valence-electron chi connectivity index (χ4n) is 1.72. The number of anilines is 1. The summed E-state index contributed by atoms with van der Waals surface area (Å²) in [5.74, 6) is 0. The number of nitrogens with one attached hydrogen (secondary N) is 2. The molecule has 0 bridgehead atoms. The minimum atomic E-state index is 0.840. The zero-order chi connectivity index (χ0) is 8.67. The predicted octanol–water partition coefficient (Wildman–Crippen LogP) is 2.00. The summed E-state index contributed by atoms with van der Waals surface area (Å²) in [6.07, 6.45) is 1.74. The van der Waals surface area contributed by atoms with Crippen molar-refractivity contribution in [2.75, 3.05) is 5.32 Å². The lowest BCUT2D eigenvalue weighted by Gasteiger charge is -2.16. The number of aromatic nitrogens is 2. The lowest BCUT2D eigenvalue weighted by atomic mass is 10.0. The third-order valence-electron chi connectivity index (χ3n) is 2.36. The average molecular weight is 171 g/mol. The maximum atomic E-state index is 4.30. The molecule has 0 fully saturated rings. The van der Waals surface area contributed by atoms with E-state index in [0.29, 0.717) is 0 Å². The van der Waals surface area contributed by atoms with Gasteiger partial charge in [-0.1, -0.05) is 18.2 Å². The van der Waals surface area contributed by atoms with E-state index in [9.17, 15) is 0 Å². The largest absolute Gasteiger partial charge is 0.379 e. The molecular formula is C10H9N3. The SMILES string of the molecule is c1ccc2c(c1)NCc1[nH]cnc1-2. The van der Waals surface area contributed by atoms with Crippen LogP contribution >= 0.6 is 0 Å². The summed E-state index contributed by atoms with van der Waals surface area (Å²) in [4.78, 5) is 7.43. The summed E-state index contributed by atoms with van der Waals surface area (Å²) in [5, 5.41) is 3.33. The van der Waals surface area contributed by atoms with Gasteiger partial charge in [-0.05, 0) is 6.07 Å². The smallest absolute Gasteiger partial charge is 0.0951 e. The van der Waals surface area contributed by atoms with E-state index in [-0.39, 0.29) is 0 Å². The van der Waals surface area contributed by atoms with E-state index in [2.05, 4.69) is 27.4 Å². The van der Waals surface area contributed by atoms with Crippen molar-refractivity contribution in [3.8, 4) is 11.3 Å². The first-order chi connectivity index (χ1) is 6.45. The van der Waals surface area contributed by atoms with Crippen molar-refractivity contribution in [1.82, 2.24) is 9.97 Å². The standard InChI is InChI=1S/C10H9N3/c1-2-4-8-7(3-1)10-9(5-11-8)12-6-13-10/h1-4,6,11H,5H2,(H,12,13). The number of H-pyrrole nitrogens is 1. The minimum absolute atomic E-state index is 0.840. The predicted molar refractivity (Wildman–Crippen MR) is 51.4 cm³/mol. The van der Waals surface area contributed by atoms with Crippen molar-refractivity contribution >= 4 is 5.69 Å². The number of hydrogen-bond donors (Lipinski definition) is 2. The lowest BCUT2D eigenvalue weighted by Crippen LogP contribution is -2.07. The Kier molecular flexibility index (Phi) is 1.22. The molecule has 0 saturated carbocycles. The molecule has 2 N–H and O–H groups in total. The normalized spacial score (nSPS) is 12.9. The number of para-hydroxylation sites is 1. The maximum Gasteiger partial charge on any atom is 0.0951 e. The number of nitrogens with zero attached hydrogens (tertiary/aromatic N) is 1. The topological polar surface area (TPSA) is 40.7 Å². The average Bonchev–Trinajstić information content (AvgIpc) is 2.65. The summed E-state index contributed by atoms with van der Waals surface area (Å²) >= 11 is 0. The van der Waals surface area contributed by atoms with Crippen LogP contribution in [0.5, 0.6) is 0 Å². The van der Waals surface area contributed by atoms with Crippen molar-refractivity contribution in [1.29, 1.82) is 0 Å². The molecule has 2 aromatic rings. The first kappa shape index (κ1) is 6.71. The number of aromatic amines is 1. The molecular weight excluding hydrogens is 162 g/mol. The van der Waals surface area contributed by atoms with Crippen LogP contribution in [0.2, 0.25) is 0 Å². The highest BCUT2D eigenvalue weighted by atomic mass is 15.0. The van der Waals surface area contributed by atoms with Gasteiger partial charge in [0.15, 0.2) is 0 Å². The fourth-order valence-corrected chi connectivity index (χ4v) is 1.72. The van der Waals surface area contributed by atoms with Crippen LogP contribution in [0.25, 0.3) is 11.3 Å². The Hall–Kier alpha value is -1.77. The quantitative estimate of drug-likeness (QED) is 0.636. The van der Waals surface area contributed by atoms with Crippen LogP contribution in [0, 0.1) is 0 Å². The molecule has 1 aliphatic heterocycles. The number of benzene rings is 1. The third kappa shape index (κ3) is 0.869. The second-order valence-corrected chi connectivity index (χ2v) is 3.13. The first-order valence-electron chi connectivity index (χ1n) is 4.30. The molecule has 3 rings (SSSR count). The Balaban J connectivity index is 2.30. The monoisotopic (exact) mass is 171 g/mol. The van der Waals surface area contributed by atoms with Crippen molar-refractivity contribution < 1.29 is 0 Å². The first-order valence-corrected chi connectivity index (χ1v) is 4.30. The van der Waals surface area contributed by atoms with Crippen LogP contribution < -0.4 is 5.32 Å². The molecule has 3 nitrogen and oxygen atoms in total. The molecule has 0 atom stereocenters. The highest BCUT2D eigenvalue weighted by Gasteiger charge is 2.16. The van der Waals surface area contributed by atoms with E-state index in [1.54, 1.807) is 6.33 Å². The van der Waals surface area contributed by atoms with E-state index < -0.39 is 0 Å². The van der Waals surface area contributed by atoms with Crippen LogP contribution in [0.3, 0.4) is 0 Å². The molecule has 0 spiro atoms. The molecule has 1 aliphatic rings. The molecule has 13 heavy (non-hydrogen) atoms. The second-order valence-electron chi connectivity index (χ2n) is 3.13. The Labute approximate surface area is 75.8 Å². The van der Waals surface area contributed by atoms with Gasteiger partial charge in [-0.2, -0.15) is 0 Å². The van der Waals surface area contributed by atoms with Gasteiger partial charge in [0.2, 0.25) is 0 Å². The molecule has 1 aromatic heterocycles. The minimum Gasteiger partial charge on any atom is -0.379 e. The lowest BCUT2D eigenvalue weighted by molar-refractivity contribution is 1.06. The molecule has 1 aromatic carbocycles. The summed E-state index contributed by atoms with van der Waals surface area (Å²) < 4.78 is 0. The summed E-state index contributed by atoms with van der Waals surface area (Å²) in [5.41, 5.74) is 4.60. The van der Waals surface area contributed by atoms with Gasteiger partial charge in [-0.3, -0.25) is 0 Å². The van der Waals surface area contributed by atoms with Gasteiger partial charge < -0.3 is 10.3 Å². The molecule has 0 unspecified atom stereocenters. The van der Waals surface area contributed by atoms with Crippen molar-refractivity contribution in [3.05, 3.63) is 36.3 Å². The van der Waals surface area contributed by atoms with Crippen molar-refractivity contribution in [2.45, 2.75) is 6.54 Å². The van der Waals surface area contributed by atoms with Gasteiger partial charge in [0.1, 0.15) is 0 Å². The molecule has 3 heteroatoms. The summed E-state index contributed by atoms with van der Waals surface area (Å²) in [7, 11) is 0.